The highest BCUT2D eigenvalue weighted by atomic mass is 16.7. The van der Waals surface area contributed by atoms with Crippen LogP contribution in [0.3, 0.4) is 0 Å². The van der Waals surface area contributed by atoms with Gasteiger partial charge < -0.3 is 39.1 Å². The van der Waals surface area contributed by atoms with E-state index >= 15 is 0 Å². The van der Waals surface area contributed by atoms with Crippen molar-refractivity contribution in [1.29, 1.82) is 0 Å². The lowest BCUT2D eigenvalue weighted by Crippen LogP contribution is -2.69. The van der Waals surface area contributed by atoms with Crippen molar-refractivity contribution >= 4 is 12.3 Å². The van der Waals surface area contributed by atoms with E-state index in [4.69, 9.17) is 18.9 Å². The lowest BCUT2D eigenvalue weighted by molar-refractivity contribution is -0.287. The molecule has 9 nitrogen and oxygen atoms in total. The summed E-state index contributed by atoms with van der Waals surface area (Å²) in [5.41, 5.74) is -2.52. The molecule has 0 unspecified atom stereocenters. The second-order valence-corrected chi connectivity index (χ2v) is 13.5. The van der Waals surface area contributed by atoms with Crippen molar-refractivity contribution < 1.29 is 43.9 Å². The van der Waals surface area contributed by atoms with E-state index in [0.717, 1.165) is 31.1 Å². The van der Waals surface area contributed by atoms with Crippen molar-refractivity contribution in [2.24, 2.45) is 28.6 Å². The Morgan fingerprint density at radius 1 is 1.08 bits per heavy atom. The van der Waals surface area contributed by atoms with Crippen LogP contribution < -0.4 is 0 Å². The van der Waals surface area contributed by atoms with Gasteiger partial charge in [0, 0.05) is 31.4 Å². The molecule has 218 valence electrons. The Hall–Kier alpha value is -1.36. The molecule has 3 N–H and O–H groups in total. The molecule has 6 rings (SSSR count). The lowest BCUT2D eigenvalue weighted by atomic mass is 9.41. The minimum absolute atomic E-state index is 0.0827. The fraction of sp³-hybridized carbons (Fsp3) is 0.867. The van der Waals surface area contributed by atoms with Gasteiger partial charge in [-0.05, 0) is 81.6 Å². The molecule has 0 aromatic rings. The molecule has 2 aliphatic heterocycles. The molecular formula is C30H44O9. The van der Waals surface area contributed by atoms with Crippen molar-refractivity contribution in [3.63, 3.8) is 0 Å². The number of carbonyl (C=O) groups excluding carboxylic acids is 2. The molecule has 0 aromatic heterocycles. The number of aliphatic hydroxyl groups excluding tert-OH is 1. The molecular weight excluding hydrogens is 504 g/mol. The predicted octanol–water partition coefficient (Wildman–Crippen LogP) is 2.43. The average Bonchev–Trinajstić information content (AvgIpc) is 3.45. The monoisotopic (exact) mass is 548 g/mol. The Balaban J connectivity index is 1.21. The third-order valence-corrected chi connectivity index (χ3v) is 12.1. The van der Waals surface area contributed by atoms with E-state index in [1.807, 2.05) is 0 Å². The van der Waals surface area contributed by atoms with Crippen LogP contribution in [0.25, 0.3) is 0 Å². The van der Waals surface area contributed by atoms with Crippen LogP contribution in [-0.4, -0.2) is 83.2 Å². The zero-order chi connectivity index (χ0) is 27.8. The topological polar surface area (TPSA) is 132 Å². The van der Waals surface area contributed by atoms with Crippen molar-refractivity contribution in [3.8, 4) is 0 Å². The Kier molecular flexibility index (Phi) is 6.84. The number of rotatable bonds is 5. The summed E-state index contributed by atoms with van der Waals surface area (Å²) >= 11 is 0. The summed E-state index contributed by atoms with van der Waals surface area (Å²) in [5, 5.41) is 34.8. The molecule has 0 amide bonds. The molecule has 5 fully saturated rings. The maximum atomic E-state index is 13.0. The van der Waals surface area contributed by atoms with Gasteiger partial charge in [0.15, 0.2) is 6.29 Å². The summed E-state index contributed by atoms with van der Waals surface area (Å²) in [6, 6.07) is 0. The second kappa shape index (κ2) is 9.60. The van der Waals surface area contributed by atoms with E-state index in [0.29, 0.717) is 51.6 Å². The third kappa shape index (κ3) is 3.94. The standard InChI is InChI=1S/C30H44O9/c1-17-26(33)23(36-3)13-25(38-17)39-19-4-9-28(16-31)21-5-8-27(2)20(18-12-24(32)37-15-18)7-11-30(27,35)22(21)6-10-29(28,34)14-19/h12,16-17,19-23,25-26,33-35H,4-11,13-15H2,1-3H3/t17-,19-,20+,21-,22+,23+,25-,26-,27+,28-,29-,30+/m0/s1. The SMILES string of the molecule is CO[C@@H]1C[C@H](O[C@H]2CC[C@]3(C=O)[C@H]4CC[C@]5(C)[C@@H](C6=CC(=O)OC6)CC[C@@]5(O)[C@@H]4CC[C@]3(O)C2)O[C@@H](C)[C@@H]1O. The summed E-state index contributed by atoms with van der Waals surface area (Å²) in [7, 11) is 1.57. The van der Waals surface area contributed by atoms with Crippen LogP contribution >= 0.6 is 0 Å². The fourth-order valence-corrected chi connectivity index (χ4v) is 9.98. The van der Waals surface area contributed by atoms with Crippen molar-refractivity contribution in [2.45, 2.75) is 120 Å². The number of hydrogen-bond acceptors (Lipinski definition) is 9. The summed E-state index contributed by atoms with van der Waals surface area (Å²) in [5.74, 6) is -0.420. The van der Waals surface area contributed by atoms with Crippen LogP contribution in [0.4, 0.5) is 0 Å². The van der Waals surface area contributed by atoms with Crippen molar-refractivity contribution in [3.05, 3.63) is 11.6 Å². The van der Waals surface area contributed by atoms with E-state index in [1.165, 1.54) is 0 Å². The minimum atomic E-state index is -1.21. The normalized spacial score (nSPS) is 53.3. The van der Waals surface area contributed by atoms with Gasteiger partial charge in [-0.25, -0.2) is 4.79 Å². The smallest absolute Gasteiger partial charge is 0.331 e. The Morgan fingerprint density at radius 3 is 2.54 bits per heavy atom. The number of aldehydes is 1. The first-order chi connectivity index (χ1) is 18.5. The van der Waals surface area contributed by atoms with Gasteiger partial charge in [0.1, 0.15) is 19.0 Å². The molecule has 0 aromatic carbocycles. The fourth-order valence-electron chi connectivity index (χ4n) is 9.98. The number of esters is 1. The maximum Gasteiger partial charge on any atom is 0.331 e. The molecule has 4 saturated carbocycles. The van der Waals surface area contributed by atoms with Gasteiger partial charge in [-0.15, -0.1) is 0 Å². The number of fused-ring (bicyclic) bond motifs is 5. The summed E-state index contributed by atoms with van der Waals surface area (Å²) in [4.78, 5) is 24.8. The van der Waals surface area contributed by atoms with Crippen molar-refractivity contribution in [1.82, 2.24) is 0 Å². The molecule has 0 bridgehead atoms. The molecule has 0 radical (unpaired) electrons. The van der Waals surface area contributed by atoms with Crippen LogP contribution in [0.15, 0.2) is 11.6 Å². The van der Waals surface area contributed by atoms with E-state index < -0.39 is 40.5 Å². The summed E-state index contributed by atoms with van der Waals surface area (Å²) in [6.45, 7) is 4.25. The number of hydrogen-bond donors (Lipinski definition) is 3. The molecule has 12 atom stereocenters. The number of aliphatic hydroxyl groups is 3. The largest absolute Gasteiger partial charge is 0.458 e. The van der Waals surface area contributed by atoms with Crippen LogP contribution in [0.2, 0.25) is 0 Å². The van der Waals surface area contributed by atoms with Gasteiger partial charge in [0.2, 0.25) is 0 Å². The van der Waals surface area contributed by atoms with Gasteiger partial charge in [-0.3, -0.25) is 0 Å². The Bertz CT molecular complexity index is 1030. The molecule has 1 saturated heterocycles. The molecule has 6 aliphatic rings. The van der Waals surface area contributed by atoms with E-state index in [-0.39, 0.29) is 35.9 Å². The highest BCUT2D eigenvalue weighted by Crippen LogP contribution is 2.70. The lowest BCUT2D eigenvalue weighted by Gasteiger charge is -2.65. The molecule has 0 spiro atoms. The van der Waals surface area contributed by atoms with Gasteiger partial charge >= 0.3 is 5.97 Å². The summed E-state index contributed by atoms with van der Waals surface area (Å²) < 4.78 is 22.9. The van der Waals surface area contributed by atoms with Crippen LogP contribution in [-0.2, 0) is 28.5 Å². The van der Waals surface area contributed by atoms with Gasteiger partial charge in [-0.1, -0.05) is 6.92 Å². The van der Waals surface area contributed by atoms with Gasteiger partial charge in [-0.2, -0.15) is 0 Å². The average molecular weight is 549 g/mol. The van der Waals surface area contributed by atoms with E-state index in [9.17, 15) is 24.9 Å². The van der Waals surface area contributed by atoms with Crippen LogP contribution in [0, 0.1) is 28.6 Å². The van der Waals surface area contributed by atoms with E-state index in [2.05, 4.69) is 6.92 Å². The zero-order valence-electron chi connectivity index (χ0n) is 23.3. The number of carbonyl (C=O) groups is 2. The van der Waals surface area contributed by atoms with Gasteiger partial charge in [0.05, 0.1) is 34.9 Å². The van der Waals surface area contributed by atoms with Crippen LogP contribution in [0.1, 0.15) is 78.1 Å². The second-order valence-electron chi connectivity index (χ2n) is 13.5. The minimum Gasteiger partial charge on any atom is -0.458 e. The number of ether oxygens (including phenoxy) is 4. The highest BCUT2D eigenvalue weighted by Gasteiger charge is 2.71. The molecule has 39 heavy (non-hydrogen) atoms. The van der Waals surface area contributed by atoms with Crippen LogP contribution in [0.5, 0.6) is 0 Å². The zero-order valence-corrected chi connectivity index (χ0v) is 23.3. The molecule has 9 heteroatoms. The Morgan fingerprint density at radius 2 is 1.85 bits per heavy atom. The molecule has 2 heterocycles. The summed E-state index contributed by atoms with van der Waals surface area (Å²) in [6.07, 6.45) is 6.10. The first-order valence-electron chi connectivity index (χ1n) is 14.8. The molecule has 4 aliphatic carbocycles. The van der Waals surface area contributed by atoms with E-state index in [1.54, 1.807) is 20.1 Å². The number of cyclic esters (lactones) is 1. The number of methoxy groups -OCH3 is 1. The van der Waals surface area contributed by atoms with Crippen molar-refractivity contribution in [2.75, 3.05) is 13.7 Å². The first kappa shape index (κ1) is 27.8. The van der Waals surface area contributed by atoms with Gasteiger partial charge in [0.25, 0.3) is 0 Å². The quantitative estimate of drug-likeness (QED) is 0.269. The maximum absolute atomic E-state index is 13.0. The first-order valence-corrected chi connectivity index (χ1v) is 14.8. The Labute approximate surface area is 230 Å². The highest BCUT2D eigenvalue weighted by molar-refractivity contribution is 5.85. The predicted molar refractivity (Wildman–Crippen MR) is 138 cm³/mol. The third-order valence-electron chi connectivity index (χ3n) is 12.1.